The van der Waals surface area contributed by atoms with Gasteiger partial charge in [-0.25, -0.2) is 0 Å². The molecule has 0 atom stereocenters. The molecule has 2 aromatic rings. The lowest BCUT2D eigenvalue weighted by molar-refractivity contribution is 0.103. The van der Waals surface area contributed by atoms with Crippen molar-refractivity contribution in [3.05, 3.63) is 58.6 Å². The molecule has 4 heteroatoms. The second kappa shape index (κ2) is 6.44. The lowest BCUT2D eigenvalue weighted by Gasteiger charge is -2.10. The molecule has 2 aromatic carbocycles. The summed E-state index contributed by atoms with van der Waals surface area (Å²) in [4.78, 5) is 12.5. The molecule has 0 spiro atoms. The van der Waals surface area contributed by atoms with Crippen LogP contribution in [0.3, 0.4) is 0 Å². The van der Waals surface area contributed by atoms with Crippen LogP contribution < -0.4 is 10.5 Å². The van der Waals surface area contributed by atoms with Gasteiger partial charge < -0.3 is 10.5 Å². The van der Waals surface area contributed by atoms with Crippen LogP contribution in [-0.4, -0.2) is 12.4 Å². The number of benzene rings is 2. The van der Waals surface area contributed by atoms with E-state index in [4.69, 9.17) is 22.1 Å². The van der Waals surface area contributed by atoms with Crippen molar-refractivity contribution in [2.45, 2.75) is 13.3 Å². The second-order valence-corrected chi connectivity index (χ2v) is 4.82. The maximum Gasteiger partial charge on any atom is 0.196 e. The van der Waals surface area contributed by atoms with E-state index in [2.05, 4.69) is 0 Å². The SMILES string of the molecule is CCCOc1ccccc1C(=O)c1ccc(Cl)c(N)c1. The number of carbonyl (C=O) groups is 1. The number of hydrogen-bond donors (Lipinski definition) is 1. The van der Waals surface area contributed by atoms with Crippen molar-refractivity contribution in [2.75, 3.05) is 12.3 Å². The van der Waals surface area contributed by atoms with E-state index < -0.39 is 0 Å². The fraction of sp³-hybridized carbons (Fsp3) is 0.188. The van der Waals surface area contributed by atoms with Crippen molar-refractivity contribution >= 4 is 23.1 Å². The van der Waals surface area contributed by atoms with Crippen molar-refractivity contribution in [1.29, 1.82) is 0 Å². The van der Waals surface area contributed by atoms with Gasteiger partial charge in [-0.05, 0) is 36.8 Å². The fourth-order valence-electron chi connectivity index (χ4n) is 1.83. The monoisotopic (exact) mass is 289 g/mol. The number of rotatable bonds is 5. The Balaban J connectivity index is 2.35. The number of hydrogen-bond acceptors (Lipinski definition) is 3. The molecule has 104 valence electrons. The van der Waals surface area contributed by atoms with Gasteiger partial charge in [0.1, 0.15) is 5.75 Å². The highest BCUT2D eigenvalue weighted by molar-refractivity contribution is 6.33. The first-order valence-corrected chi connectivity index (χ1v) is 6.83. The molecule has 3 nitrogen and oxygen atoms in total. The molecule has 0 unspecified atom stereocenters. The van der Waals surface area contributed by atoms with Crippen LogP contribution in [0.5, 0.6) is 5.75 Å². The number of ether oxygens (including phenoxy) is 1. The quantitative estimate of drug-likeness (QED) is 0.670. The maximum absolute atomic E-state index is 12.5. The molecule has 0 aromatic heterocycles. The van der Waals surface area contributed by atoms with Crippen LogP contribution in [0.2, 0.25) is 5.02 Å². The molecule has 0 aliphatic heterocycles. The van der Waals surface area contributed by atoms with Crippen LogP contribution in [0.4, 0.5) is 5.69 Å². The Labute approximate surface area is 123 Å². The molecule has 0 saturated carbocycles. The van der Waals surface area contributed by atoms with Crippen molar-refractivity contribution in [3.63, 3.8) is 0 Å². The molecule has 0 aliphatic rings. The normalized spacial score (nSPS) is 10.3. The molecule has 0 radical (unpaired) electrons. The Morgan fingerprint density at radius 2 is 2.00 bits per heavy atom. The molecule has 0 saturated heterocycles. The van der Waals surface area contributed by atoms with Gasteiger partial charge in [-0.15, -0.1) is 0 Å². The first-order chi connectivity index (χ1) is 9.63. The number of ketones is 1. The summed E-state index contributed by atoms with van der Waals surface area (Å²) in [5, 5.41) is 0.442. The summed E-state index contributed by atoms with van der Waals surface area (Å²) >= 11 is 5.87. The van der Waals surface area contributed by atoms with E-state index in [1.807, 2.05) is 19.1 Å². The molecule has 0 heterocycles. The molecule has 2 N–H and O–H groups in total. The average Bonchev–Trinajstić information content (AvgIpc) is 2.47. The molecular weight excluding hydrogens is 274 g/mol. The predicted molar refractivity (Wildman–Crippen MR) is 81.5 cm³/mol. The number of nitrogens with two attached hydrogens (primary N) is 1. The van der Waals surface area contributed by atoms with Crippen molar-refractivity contribution in [3.8, 4) is 5.75 Å². The summed E-state index contributed by atoms with van der Waals surface area (Å²) in [5.41, 5.74) is 7.16. The summed E-state index contributed by atoms with van der Waals surface area (Å²) in [5.74, 6) is 0.466. The number of para-hydroxylation sites is 1. The zero-order valence-corrected chi connectivity index (χ0v) is 12.0. The summed E-state index contributed by atoms with van der Waals surface area (Å²) in [7, 11) is 0. The van der Waals surface area contributed by atoms with Gasteiger partial charge >= 0.3 is 0 Å². The highest BCUT2D eigenvalue weighted by Crippen LogP contribution is 2.25. The Morgan fingerprint density at radius 1 is 1.25 bits per heavy atom. The molecule has 0 fully saturated rings. The fourth-order valence-corrected chi connectivity index (χ4v) is 1.95. The molecule has 0 amide bonds. The zero-order valence-electron chi connectivity index (χ0n) is 11.2. The highest BCUT2D eigenvalue weighted by Gasteiger charge is 2.15. The van der Waals surface area contributed by atoms with Crippen LogP contribution in [0.1, 0.15) is 29.3 Å². The molecule has 2 rings (SSSR count). The van der Waals surface area contributed by atoms with E-state index in [-0.39, 0.29) is 5.78 Å². The van der Waals surface area contributed by atoms with Gasteiger partial charge in [0.15, 0.2) is 5.78 Å². The van der Waals surface area contributed by atoms with Crippen LogP contribution >= 0.6 is 11.6 Å². The van der Waals surface area contributed by atoms with Crippen LogP contribution in [0.25, 0.3) is 0 Å². The van der Waals surface area contributed by atoms with Gasteiger partial charge in [0.25, 0.3) is 0 Å². The predicted octanol–water partition coefficient (Wildman–Crippen LogP) is 3.94. The third-order valence-electron chi connectivity index (χ3n) is 2.85. The molecule has 0 bridgehead atoms. The second-order valence-electron chi connectivity index (χ2n) is 4.41. The van der Waals surface area contributed by atoms with E-state index >= 15 is 0 Å². The topological polar surface area (TPSA) is 52.3 Å². The molecule has 20 heavy (non-hydrogen) atoms. The summed E-state index contributed by atoms with van der Waals surface area (Å²) in [6, 6.07) is 12.1. The number of carbonyl (C=O) groups excluding carboxylic acids is 1. The minimum atomic E-state index is -0.125. The number of nitrogen functional groups attached to an aromatic ring is 1. The van der Waals surface area contributed by atoms with Gasteiger partial charge in [0.05, 0.1) is 22.9 Å². The first-order valence-electron chi connectivity index (χ1n) is 6.45. The lowest BCUT2D eigenvalue weighted by Crippen LogP contribution is -2.06. The average molecular weight is 290 g/mol. The standard InChI is InChI=1S/C16H16ClNO2/c1-2-9-20-15-6-4-3-5-12(15)16(19)11-7-8-13(17)14(18)10-11/h3-8,10H,2,9,18H2,1H3. The molecule has 0 aliphatic carbocycles. The van der Waals surface area contributed by atoms with Crippen LogP contribution in [0, 0.1) is 0 Å². The van der Waals surface area contributed by atoms with E-state index in [9.17, 15) is 4.79 Å². The Hall–Kier alpha value is -2.00. The van der Waals surface area contributed by atoms with Crippen molar-refractivity contribution < 1.29 is 9.53 Å². The maximum atomic E-state index is 12.5. The van der Waals surface area contributed by atoms with Gasteiger partial charge in [0, 0.05) is 5.56 Å². The molecular formula is C16H16ClNO2. The number of halogens is 1. The van der Waals surface area contributed by atoms with Crippen molar-refractivity contribution in [2.24, 2.45) is 0 Å². The lowest BCUT2D eigenvalue weighted by atomic mass is 10.0. The van der Waals surface area contributed by atoms with E-state index in [1.165, 1.54) is 0 Å². The van der Waals surface area contributed by atoms with Crippen LogP contribution in [-0.2, 0) is 0 Å². The van der Waals surface area contributed by atoms with Gasteiger partial charge in [-0.3, -0.25) is 4.79 Å². The summed E-state index contributed by atoms with van der Waals surface area (Å²) in [6.07, 6.45) is 0.885. The van der Waals surface area contributed by atoms with E-state index in [1.54, 1.807) is 30.3 Å². The van der Waals surface area contributed by atoms with Gasteiger partial charge in [-0.1, -0.05) is 30.7 Å². The Bertz CT molecular complexity index is 626. The Morgan fingerprint density at radius 3 is 2.70 bits per heavy atom. The minimum absolute atomic E-state index is 0.125. The smallest absolute Gasteiger partial charge is 0.196 e. The zero-order chi connectivity index (χ0) is 14.5. The summed E-state index contributed by atoms with van der Waals surface area (Å²) < 4.78 is 5.60. The Kier molecular flexibility index (Phi) is 4.64. The van der Waals surface area contributed by atoms with Crippen LogP contribution in [0.15, 0.2) is 42.5 Å². The third-order valence-corrected chi connectivity index (χ3v) is 3.20. The summed E-state index contributed by atoms with van der Waals surface area (Å²) in [6.45, 7) is 2.59. The minimum Gasteiger partial charge on any atom is -0.493 e. The first kappa shape index (κ1) is 14.4. The highest BCUT2D eigenvalue weighted by atomic mass is 35.5. The van der Waals surface area contributed by atoms with Gasteiger partial charge in [0.2, 0.25) is 0 Å². The largest absolute Gasteiger partial charge is 0.493 e. The number of anilines is 1. The van der Waals surface area contributed by atoms with Crippen molar-refractivity contribution in [1.82, 2.24) is 0 Å². The third kappa shape index (κ3) is 3.11. The van der Waals surface area contributed by atoms with E-state index in [0.717, 1.165) is 6.42 Å². The van der Waals surface area contributed by atoms with Gasteiger partial charge in [-0.2, -0.15) is 0 Å². The van der Waals surface area contributed by atoms with E-state index in [0.29, 0.717) is 34.2 Å².